The largest absolute Gasteiger partial charge is 0.376 e. The van der Waals surface area contributed by atoms with Crippen molar-refractivity contribution in [1.29, 1.82) is 0 Å². The average molecular weight is 346 g/mol. The summed E-state index contributed by atoms with van der Waals surface area (Å²) in [6.07, 6.45) is 1.95. The van der Waals surface area contributed by atoms with Gasteiger partial charge in [-0.25, -0.2) is 0 Å². The summed E-state index contributed by atoms with van der Waals surface area (Å²) in [6.45, 7) is 7.64. The van der Waals surface area contributed by atoms with Gasteiger partial charge in [-0.1, -0.05) is 0 Å². The van der Waals surface area contributed by atoms with E-state index in [1.54, 1.807) is 11.3 Å². The van der Waals surface area contributed by atoms with E-state index >= 15 is 0 Å². The van der Waals surface area contributed by atoms with Crippen molar-refractivity contribution in [3.63, 3.8) is 0 Å². The molecule has 0 unspecified atom stereocenters. The number of ether oxygens (including phenoxy) is 1. The molecule has 3 heterocycles. The van der Waals surface area contributed by atoms with Crippen molar-refractivity contribution in [2.24, 2.45) is 0 Å². The molecule has 1 saturated heterocycles. The molecule has 1 aromatic heterocycles. The molecule has 5 nitrogen and oxygen atoms in total. The van der Waals surface area contributed by atoms with Crippen molar-refractivity contribution in [3.05, 3.63) is 21.4 Å². The van der Waals surface area contributed by atoms with Crippen LogP contribution in [0.4, 0.5) is 0 Å². The van der Waals surface area contributed by atoms with Gasteiger partial charge < -0.3 is 20.3 Å². The van der Waals surface area contributed by atoms with Crippen molar-refractivity contribution < 1.29 is 9.53 Å². The Morgan fingerprint density at radius 3 is 3.00 bits per heavy atom. The highest BCUT2D eigenvalue weighted by Crippen LogP contribution is 2.26. The SMILES string of the molecule is Cl.O=C(NCCCN1CCNCC1)c1cc2c(s1)CCOC2. The standard InChI is InChI=1S/C15H23N3O2S.ClH/c19-15(14-10-12-11-20-9-2-13(12)21-14)17-3-1-6-18-7-4-16-5-8-18;/h10,16H,1-9,11H2,(H,17,19);1H. The van der Waals surface area contributed by atoms with E-state index in [0.29, 0.717) is 6.61 Å². The van der Waals surface area contributed by atoms with E-state index in [2.05, 4.69) is 15.5 Å². The number of nitrogens with one attached hydrogen (secondary N) is 2. The van der Waals surface area contributed by atoms with Gasteiger partial charge in [0.25, 0.3) is 5.91 Å². The number of thiophene rings is 1. The Kier molecular flexibility index (Phi) is 7.11. The molecule has 2 aliphatic rings. The minimum atomic E-state index is 0. The minimum absolute atomic E-state index is 0. The first-order valence-electron chi connectivity index (χ1n) is 7.73. The molecule has 1 amide bonds. The fourth-order valence-corrected chi connectivity index (χ4v) is 3.85. The van der Waals surface area contributed by atoms with Crippen molar-refractivity contribution in [2.45, 2.75) is 19.4 Å². The number of nitrogens with zero attached hydrogens (tertiary/aromatic N) is 1. The number of hydrogen-bond acceptors (Lipinski definition) is 5. The molecule has 0 aliphatic carbocycles. The third kappa shape index (κ3) is 4.67. The van der Waals surface area contributed by atoms with Crippen LogP contribution in [0.5, 0.6) is 0 Å². The summed E-state index contributed by atoms with van der Waals surface area (Å²) in [5.41, 5.74) is 1.19. The zero-order valence-corrected chi connectivity index (χ0v) is 14.4. The second-order valence-corrected chi connectivity index (χ2v) is 6.70. The van der Waals surface area contributed by atoms with Gasteiger partial charge in [0, 0.05) is 44.0 Å². The predicted molar refractivity (Wildman–Crippen MR) is 91.2 cm³/mol. The van der Waals surface area contributed by atoms with Crippen LogP contribution < -0.4 is 10.6 Å². The number of carbonyl (C=O) groups is 1. The summed E-state index contributed by atoms with van der Waals surface area (Å²) < 4.78 is 5.42. The second-order valence-electron chi connectivity index (χ2n) is 5.56. The van der Waals surface area contributed by atoms with Gasteiger partial charge in [0.2, 0.25) is 0 Å². The van der Waals surface area contributed by atoms with Crippen molar-refractivity contribution in [1.82, 2.24) is 15.5 Å². The van der Waals surface area contributed by atoms with Gasteiger partial charge in [0.1, 0.15) is 0 Å². The average Bonchev–Trinajstić information content (AvgIpc) is 2.96. The van der Waals surface area contributed by atoms with Gasteiger partial charge in [-0.15, -0.1) is 23.7 Å². The number of fused-ring (bicyclic) bond motifs is 1. The van der Waals surface area contributed by atoms with Crippen molar-refractivity contribution >= 4 is 29.7 Å². The van der Waals surface area contributed by atoms with Gasteiger partial charge >= 0.3 is 0 Å². The molecule has 2 aliphatic heterocycles. The molecule has 0 atom stereocenters. The van der Waals surface area contributed by atoms with Gasteiger partial charge in [0.15, 0.2) is 0 Å². The predicted octanol–water partition coefficient (Wildman–Crippen LogP) is 1.27. The third-order valence-corrected chi connectivity index (χ3v) is 5.23. The molecule has 1 aromatic rings. The van der Waals surface area contributed by atoms with Gasteiger partial charge in [-0.05, 0) is 24.6 Å². The maximum Gasteiger partial charge on any atom is 0.261 e. The number of amides is 1. The number of piperazine rings is 1. The molecule has 0 saturated carbocycles. The third-order valence-electron chi connectivity index (χ3n) is 4.00. The van der Waals surface area contributed by atoms with Gasteiger partial charge in [-0.3, -0.25) is 4.79 Å². The Hall–Kier alpha value is -0.660. The van der Waals surface area contributed by atoms with E-state index in [1.807, 2.05) is 6.07 Å². The molecule has 3 rings (SSSR count). The topological polar surface area (TPSA) is 53.6 Å². The monoisotopic (exact) mass is 345 g/mol. The quantitative estimate of drug-likeness (QED) is 0.789. The molecule has 22 heavy (non-hydrogen) atoms. The molecule has 124 valence electrons. The summed E-state index contributed by atoms with van der Waals surface area (Å²) in [7, 11) is 0. The first-order valence-corrected chi connectivity index (χ1v) is 8.55. The Balaban J connectivity index is 0.00000176. The van der Waals surface area contributed by atoms with E-state index in [1.165, 1.54) is 10.4 Å². The van der Waals surface area contributed by atoms with E-state index in [4.69, 9.17) is 4.74 Å². The van der Waals surface area contributed by atoms with Crippen molar-refractivity contribution in [3.8, 4) is 0 Å². The summed E-state index contributed by atoms with van der Waals surface area (Å²) in [6, 6.07) is 1.99. The highest BCUT2D eigenvalue weighted by Gasteiger charge is 2.17. The lowest BCUT2D eigenvalue weighted by Crippen LogP contribution is -2.44. The maximum atomic E-state index is 12.1. The summed E-state index contributed by atoms with van der Waals surface area (Å²) in [5.74, 6) is 0.0645. The summed E-state index contributed by atoms with van der Waals surface area (Å²) >= 11 is 1.62. The van der Waals surface area contributed by atoms with Crippen molar-refractivity contribution in [2.75, 3.05) is 45.9 Å². The minimum Gasteiger partial charge on any atom is -0.376 e. The molecule has 0 aromatic carbocycles. The lowest BCUT2D eigenvalue weighted by atomic mass is 10.2. The van der Waals surface area contributed by atoms with E-state index in [-0.39, 0.29) is 18.3 Å². The van der Waals surface area contributed by atoms with Crippen LogP contribution >= 0.6 is 23.7 Å². The van der Waals surface area contributed by atoms with Crippen LogP contribution in [0, 0.1) is 0 Å². The van der Waals surface area contributed by atoms with Gasteiger partial charge in [-0.2, -0.15) is 0 Å². The molecule has 0 spiro atoms. The zero-order valence-electron chi connectivity index (χ0n) is 12.7. The summed E-state index contributed by atoms with van der Waals surface area (Å²) in [4.78, 5) is 16.7. The normalized spacial score (nSPS) is 18.4. The highest BCUT2D eigenvalue weighted by molar-refractivity contribution is 7.14. The number of carbonyl (C=O) groups excluding carboxylic acids is 1. The van der Waals surface area contributed by atoms with Crippen LogP contribution in [-0.2, 0) is 17.8 Å². The highest BCUT2D eigenvalue weighted by atomic mass is 35.5. The van der Waals surface area contributed by atoms with Crippen LogP contribution in [0.2, 0.25) is 0 Å². The van der Waals surface area contributed by atoms with Gasteiger partial charge in [0.05, 0.1) is 18.1 Å². The number of halogens is 1. The molecule has 0 bridgehead atoms. The first-order chi connectivity index (χ1) is 10.3. The Bertz CT molecular complexity index is 466. The molecular formula is C15H24ClN3O2S. The number of rotatable bonds is 5. The summed E-state index contributed by atoms with van der Waals surface area (Å²) in [5, 5.41) is 6.38. The van der Waals surface area contributed by atoms with Crippen LogP contribution in [0.15, 0.2) is 6.07 Å². The molecule has 0 radical (unpaired) electrons. The Labute approximate surface area is 141 Å². The lowest BCUT2D eigenvalue weighted by Gasteiger charge is -2.27. The fourth-order valence-electron chi connectivity index (χ4n) is 2.79. The molecule has 1 fully saturated rings. The van der Waals surface area contributed by atoms with Crippen LogP contribution in [0.1, 0.15) is 26.5 Å². The molecule has 7 heteroatoms. The van der Waals surface area contributed by atoms with E-state index in [9.17, 15) is 4.79 Å². The first kappa shape index (κ1) is 17.7. The fraction of sp³-hybridized carbons (Fsp3) is 0.667. The van der Waals surface area contributed by atoms with Crippen LogP contribution in [-0.4, -0.2) is 56.7 Å². The van der Waals surface area contributed by atoms with E-state index < -0.39 is 0 Å². The molecule has 2 N–H and O–H groups in total. The van der Waals surface area contributed by atoms with E-state index in [0.717, 1.165) is 63.6 Å². The Morgan fingerprint density at radius 1 is 1.41 bits per heavy atom. The second kappa shape index (κ2) is 8.84. The van der Waals surface area contributed by atoms with Crippen LogP contribution in [0.3, 0.4) is 0 Å². The Morgan fingerprint density at radius 2 is 2.23 bits per heavy atom. The maximum absolute atomic E-state index is 12.1. The lowest BCUT2D eigenvalue weighted by molar-refractivity contribution is 0.0954. The van der Waals surface area contributed by atoms with Crippen LogP contribution in [0.25, 0.3) is 0 Å². The smallest absolute Gasteiger partial charge is 0.261 e. The molecular weight excluding hydrogens is 322 g/mol. The number of hydrogen-bond donors (Lipinski definition) is 2. The zero-order chi connectivity index (χ0) is 14.5.